The number of hydrogen-bond donors (Lipinski definition) is 3. The summed E-state index contributed by atoms with van der Waals surface area (Å²) in [6.07, 6.45) is 2.21. The lowest BCUT2D eigenvalue weighted by atomic mass is 10.1. The summed E-state index contributed by atoms with van der Waals surface area (Å²) in [5.74, 6) is -0.567. The molecule has 0 saturated heterocycles. The number of aromatic nitrogens is 2. The van der Waals surface area contributed by atoms with Gasteiger partial charge in [-0.2, -0.15) is 0 Å². The van der Waals surface area contributed by atoms with Crippen molar-refractivity contribution in [3.05, 3.63) is 64.4 Å². The fourth-order valence-electron chi connectivity index (χ4n) is 2.25. The largest absolute Gasteiger partial charge is 0.356 e. The zero-order chi connectivity index (χ0) is 14.8. The highest BCUT2D eigenvalue weighted by Gasteiger charge is 2.12. The zero-order valence-corrected chi connectivity index (χ0v) is 11.7. The molecule has 2 heterocycles. The first-order valence-electron chi connectivity index (χ1n) is 6.33. The van der Waals surface area contributed by atoms with Gasteiger partial charge in [0, 0.05) is 23.3 Å². The summed E-state index contributed by atoms with van der Waals surface area (Å²) >= 11 is 5.86. The van der Waals surface area contributed by atoms with Crippen LogP contribution in [0.3, 0.4) is 0 Å². The predicted octanol–water partition coefficient (Wildman–Crippen LogP) is 2.93. The van der Waals surface area contributed by atoms with Gasteiger partial charge in [0.15, 0.2) is 0 Å². The molecule has 0 spiro atoms. The van der Waals surface area contributed by atoms with Crippen LogP contribution in [0.25, 0.3) is 11.0 Å². The molecule has 106 valence electrons. The minimum absolute atomic E-state index is 0.352. The molecule has 0 atom stereocenters. The number of hydrogen-bond acceptors (Lipinski definition) is 3. The summed E-state index contributed by atoms with van der Waals surface area (Å²) in [4.78, 5) is 19.0. The number of pyridine rings is 1. The molecule has 0 radical (unpaired) electrons. The number of carbonyl (C=O) groups excluding carboxylic acids is 1. The van der Waals surface area contributed by atoms with Gasteiger partial charge in [-0.25, -0.2) is 5.48 Å². The van der Waals surface area contributed by atoms with Crippen LogP contribution in [0, 0.1) is 0 Å². The number of amides is 1. The summed E-state index contributed by atoms with van der Waals surface area (Å²) in [7, 11) is 0. The van der Waals surface area contributed by atoms with Crippen molar-refractivity contribution in [2.45, 2.75) is 6.42 Å². The van der Waals surface area contributed by atoms with Gasteiger partial charge in [0.05, 0.1) is 16.6 Å². The van der Waals surface area contributed by atoms with E-state index in [1.807, 2.05) is 30.3 Å². The summed E-state index contributed by atoms with van der Waals surface area (Å²) in [5, 5.41) is 9.46. The minimum Gasteiger partial charge on any atom is -0.356 e. The number of H-pyrrole nitrogens is 1. The molecule has 1 aromatic carbocycles. The molecule has 3 aromatic rings. The number of carbonyl (C=O) groups is 1. The molecule has 6 heteroatoms. The van der Waals surface area contributed by atoms with Crippen molar-refractivity contribution in [3.8, 4) is 0 Å². The van der Waals surface area contributed by atoms with Crippen LogP contribution in [-0.2, 0) is 6.42 Å². The van der Waals surface area contributed by atoms with E-state index in [1.54, 1.807) is 11.5 Å². The third-order valence-corrected chi connectivity index (χ3v) is 3.48. The number of aromatic amines is 1. The summed E-state index contributed by atoms with van der Waals surface area (Å²) in [6.45, 7) is 0. The molecule has 0 unspecified atom stereocenters. The van der Waals surface area contributed by atoms with Crippen molar-refractivity contribution < 1.29 is 10.0 Å². The zero-order valence-electron chi connectivity index (χ0n) is 10.9. The second kappa shape index (κ2) is 5.55. The standard InChI is InChI=1S/C15H12ClN3O2/c16-10-3-1-9(2-4-10)7-11-8-13-14(18-11)12(5-6-17-13)15(20)19-21/h1-6,8,18,21H,7H2,(H,19,20). The van der Waals surface area contributed by atoms with Gasteiger partial charge in [0.25, 0.3) is 5.91 Å². The molecule has 0 saturated carbocycles. The Morgan fingerprint density at radius 1 is 1.29 bits per heavy atom. The second-order valence-corrected chi connectivity index (χ2v) is 5.09. The number of halogens is 1. The number of nitrogens with zero attached hydrogens (tertiary/aromatic N) is 1. The monoisotopic (exact) mass is 301 g/mol. The van der Waals surface area contributed by atoms with Crippen LogP contribution >= 0.6 is 11.6 Å². The Bertz CT molecular complexity index is 796. The quantitative estimate of drug-likeness (QED) is 0.514. The van der Waals surface area contributed by atoms with Gasteiger partial charge in [-0.05, 0) is 29.8 Å². The van der Waals surface area contributed by atoms with Crippen molar-refractivity contribution >= 4 is 28.5 Å². The summed E-state index contributed by atoms with van der Waals surface area (Å²) in [6, 6.07) is 11.0. The third kappa shape index (κ3) is 2.74. The predicted molar refractivity (Wildman–Crippen MR) is 79.6 cm³/mol. The highest BCUT2D eigenvalue weighted by atomic mass is 35.5. The molecular formula is C15H12ClN3O2. The molecular weight excluding hydrogens is 290 g/mol. The smallest absolute Gasteiger partial charge is 0.276 e. The first-order chi connectivity index (χ1) is 10.2. The summed E-state index contributed by atoms with van der Waals surface area (Å²) in [5.41, 5.74) is 5.30. The first-order valence-corrected chi connectivity index (χ1v) is 6.70. The van der Waals surface area contributed by atoms with E-state index in [1.165, 1.54) is 6.20 Å². The van der Waals surface area contributed by atoms with Crippen molar-refractivity contribution in [1.82, 2.24) is 15.4 Å². The van der Waals surface area contributed by atoms with E-state index in [0.29, 0.717) is 28.0 Å². The van der Waals surface area contributed by atoms with Gasteiger partial charge < -0.3 is 4.98 Å². The Morgan fingerprint density at radius 2 is 2.05 bits per heavy atom. The van der Waals surface area contributed by atoms with Crippen molar-refractivity contribution in [3.63, 3.8) is 0 Å². The molecule has 0 bridgehead atoms. The Balaban J connectivity index is 1.97. The van der Waals surface area contributed by atoms with Gasteiger partial charge >= 0.3 is 0 Å². The normalized spacial score (nSPS) is 10.8. The summed E-state index contributed by atoms with van der Waals surface area (Å²) < 4.78 is 0. The van der Waals surface area contributed by atoms with E-state index < -0.39 is 5.91 Å². The van der Waals surface area contributed by atoms with Gasteiger partial charge in [0.1, 0.15) is 0 Å². The number of nitrogens with one attached hydrogen (secondary N) is 2. The van der Waals surface area contributed by atoms with E-state index in [9.17, 15) is 4.79 Å². The van der Waals surface area contributed by atoms with Crippen molar-refractivity contribution in [2.24, 2.45) is 0 Å². The van der Waals surface area contributed by atoms with Crippen LogP contribution in [0.4, 0.5) is 0 Å². The Hall–Kier alpha value is -2.37. The number of rotatable bonds is 3. The molecule has 0 aliphatic rings. The number of benzene rings is 1. The van der Waals surface area contributed by atoms with Crippen LogP contribution in [0.15, 0.2) is 42.6 Å². The second-order valence-electron chi connectivity index (χ2n) is 4.66. The highest BCUT2D eigenvalue weighted by Crippen LogP contribution is 2.20. The van der Waals surface area contributed by atoms with Crippen LogP contribution in [0.2, 0.25) is 5.02 Å². The van der Waals surface area contributed by atoms with Crippen molar-refractivity contribution in [1.29, 1.82) is 0 Å². The Morgan fingerprint density at radius 3 is 2.76 bits per heavy atom. The number of fused-ring (bicyclic) bond motifs is 1. The molecule has 0 aliphatic carbocycles. The lowest BCUT2D eigenvalue weighted by molar-refractivity contribution is 0.0708. The van der Waals surface area contributed by atoms with E-state index in [-0.39, 0.29) is 0 Å². The fraction of sp³-hybridized carbons (Fsp3) is 0.0667. The number of hydroxylamine groups is 1. The van der Waals surface area contributed by atoms with Crippen LogP contribution < -0.4 is 5.48 Å². The van der Waals surface area contributed by atoms with Crippen molar-refractivity contribution in [2.75, 3.05) is 0 Å². The molecule has 1 amide bonds. The first kappa shape index (κ1) is 13.6. The van der Waals surface area contributed by atoms with E-state index in [4.69, 9.17) is 16.8 Å². The maximum absolute atomic E-state index is 11.6. The lowest BCUT2D eigenvalue weighted by Gasteiger charge is -2.00. The van der Waals surface area contributed by atoms with Gasteiger partial charge in [0.2, 0.25) is 0 Å². The Labute approximate surface area is 125 Å². The van der Waals surface area contributed by atoms with Crippen LogP contribution in [0.1, 0.15) is 21.6 Å². The molecule has 3 N–H and O–H groups in total. The average molecular weight is 302 g/mol. The topological polar surface area (TPSA) is 78.0 Å². The maximum Gasteiger partial charge on any atom is 0.276 e. The average Bonchev–Trinajstić information content (AvgIpc) is 2.91. The molecule has 21 heavy (non-hydrogen) atoms. The van der Waals surface area contributed by atoms with Crippen LogP contribution in [0.5, 0.6) is 0 Å². The van der Waals surface area contributed by atoms with Gasteiger partial charge in [-0.15, -0.1) is 0 Å². The van der Waals surface area contributed by atoms with Crippen LogP contribution in [-0.4, -0.2) is 21.1 Å². The van der Waals surface area contributed by atoms with E-state index >= 15 is 0 Å². The maximum atomic E-state index is 11.6. The van der Waals surface area contributed by atoms with Gasteiger partial charge in [-0.3, -0.25) is 15.0 Å². The fourth-order valence-corrected chi connectivity index (χ4v) is 2.37. The molecule has 2 aromatic heterocycles. The van der Waals surface area contributed by atoms with E-state index in [2.05, 4.69) is 9.97 Å². The molecule has 0 aliphatic heterocycles. The third-order valence-electron chi connectivity index (χ3n) is 3.23. The highest BCUT2D eigenvalue weighted by molar-refractivity contribution is 6.30. The SMILES string of the molecule is O=C(NO)c1ccnc2cc(Cc3ccc(Cl)cc3)[nH]c12. The van der Waals surface area contributed by atoms with Gasteiger partial charge in [-0.1, -0.05) is 23.7 Å². The molecule has 3 rings (SSSR count). The van der Waals surface area contributed by atoms with E-state index in [0.717, 1.165) is 11.3 Å². The lowest BCUT2D eigenvalue weighted by Crippen LogP contribution is -2.19. The Kier molecular flexibility index (Phi) is 3.60. The minimum atomic E-state index is -0.567. The molecule has 0 fully saturated rings. The molecule has 5 nitrogen and oxygen atoms in total.